The number of nitrogens with zero attached hydrogens (tertiary/aromatic N) is 3. The van der Waals surface area contributed by atoms with Crippen molar-refractivity contribution < 1.29 is 14.3 Å². The second-order valence-electron chi connectivity index (χ2n) is 7.71. The molecule has 2 amide bonds. The smallest absolute Gasteiger partial charge is 0.227 e. The van der Waals surface area contributed by atoms with Crippen LogP contribution in [0, 0.1) is 5.92 Å². The van der Waals surface area contributed by atoms with Gasteiger partial charge in [0.25, 0.3) is 0 Å². The Bertz CT molecular complexity index is 1100. The molecule has 4 rings (SSSR count). The predicted octanol–water partition coefficient (Wildman–Crippen LogP) is 3.41. The fourth-order valence-corrected chi connectivity index (χ4v) is 4.31. The quantitative estimate of drug-likeness (QED) is 0.559. The van der Waals surface area contributed by atoms with Gasteiger partial charge in [-0.2, -0.15) is 0 Å². The van der Waals surface area contributed by atoms with E-state index in [1.54, 1.807) is 30.0 Å². The Balaban J connectivity index is 1.53. The highest BCUT2D eigenvalue weighted by Crippen LogP contribution is 2.29. The monoisotopic (exact) mass is 450 g/mol. The Morgan fingerprint density at radius 2 is 1.91 bits per heavy atom. The molecular weight excluding hydrogens is 424 g/mol. The molecule has 0 aliphatic carbocycles. The number of anilines is 1. The summed E-state index contributed by atoms with van der Waals surface area (Å²) < 4.78 is 7.14. The molecule has 2 heterocycles. The van der Waals surface area contributed by atoms with E-state index in [9.17, 15) is 9.59 Å². The van der Waals surface area contributed by atoms with Crippen LogP contribution in [0.25, 0.3) is 0 Å². The number of imidazole rings is 1. The first-order chi connectivity index (χ1) is 15.5. The van der Waals surface area contributed by atoms with E-state index >= 15 is 0 Å². The number of carbonyl (C=O) groups excluding carboxylic acids is 2. The van der Waals surface area contributed by atoms with Crippen LogP contribution in [0.4, 0.5) is 5.69 Å². The second kappa shape index (κ2) is 9.48. The number of hydrogen-bond donors (Lipinski definition) is 1. The zero-order valence-electron chi connectivity index (χ0n) is 18.3. The molecule has 0 spiro atoms. The number of thioether (sulfide) groups is 1. The van der Waals surface area contributed by atoms with Crippen LogP contribution in [-0.4, -0.2) is 41.3 Å². The average molecular weight is 451 g/mol. The Morgan fingerprint density at radius 3 is 2.50 bits per heavy atom. The van der Waals surface area contributed by atoms with Crippen molar-refractivity contribution in [2.75, 3.05) is 24.8 Å². The molecule has 2 aromatic carbocycles. The fraction of sp³-hybridized carbons (Fsp3) is 0.292. The van der Waals surface area contributed by atoms with Crippen LogP contribution >= 0.6 is 11.8 Å². The summed E-state index contributed by atoms with van der Waals surface area (Å²) >= 11 is 1.65. The van der Waals surface area contributed by atoms with Crippen molar-refractivity contribution in [3.05, 3.63) is 72.3 Å². The van der Waals surface area contributed by atoms with E-state index in [1.807, 2.05) is 72.6 Å². The number of aromatic nitrogens is 2. The van der Waals surface area contributed by atoms with Crippen molar-refractivity contribution in [3.63, 3.8) is 0 Å². The predicted molar refractivity (Wildman–Crippen MR) is 125 cm³/mol. The average Bonchev–Trinajstić information content (AvgIpc) is 3.43. The van der Waals surface area contributed by atoms with Gasteiger partial charge >= 0.3 is 0 Å². The zero-order valence-corrected chi connectivity index (χ0v) is 19.1. The van der Waals surface area contributed by atoms with Gasteiger partial charge in [-0.1, -0.05) is 12.1 Å². The summed E-state index contributed by atoms with van der Waals surface area (Å²) in [7, 11) is 3.51. The highest BCUT2D eigenvalue weighted by Gasteiger charge is 2.36. The molecule has 1 aliphatic rings. The SMILES string of the molecule is COc1ccc([C@H](NC(=O)[C@@H]2CC(=O)N(c3ccc(SC)cc3)C2)c2nccn2C)cc1. The van der Waals surface area contributed by atoms with Gasteiger partial charge in [0.1, 0.15) is 17.6 Å². The molecule has 1 aliphatic heterocycles. The fourth-order valence-electron chi connectivity index (χ4n) is 3.90. The van der Waals surface area contributed by atoms with Crippen LogP contribution < -0.4 is 15.0 Å². The van der Waals surface area contributed by atoms with E-state index in [0.29, 0.717) is 6.54 Å². The Kier molecular flexibility index (Phi) is 6.50. The van der Waals surface area contributed by atoms with E-state index < -0.39 is 12.0 Å². The molecule has 1 fully saturated rings. The lowest BCUT2D eigenvalue weighted by molar-refractivity contribution is -0.126. The zero-order chi connectivity index (χ0) is 22.7. The topological polar surface area (TPSA) is 76.5 Å². The van der Waals surface area contributed by atoms with E-state index in [1.165, 1.54) is 0 Å². The molecule has 8 heteroatoms. The molecular formula is C24H26N4O3S. The van der Waals surface area contributed by atoms with Gasteiger partial charge in [-0.15, -0.1) is 11.8 Å². The second-order valence-corrected chi connectivity index (χ2v) is 8.59. The van der Waals surface area contributed by atoms with E-state index in [2.05, 4.69) is 10.3 Å². The molecule has 166 valence electrons. The lowest BCUT2D eigenvalue weighted by atomic mass is 10.0. The van der Waals surface area contributed by atoms with E-state index in [0.717, 1.165) is 27.7 Å². The van der Waals surface area contributed by atoms with Crippen LogP contribution in [0.5, 0.6) is 5.75 Å². The van der Waals surface area contributed by atoms with Gasteiger partial charge in [0.15, 0.2) is 0 Å². The summed E-state index contributed by atoms with van der Waals surface area (Å²) in [6.07, 6.45) is 5.75. The Morgan fingerprint density at radius 1 is 1.19 bits per heavy atom. The third-order valence-electron chi connectivity index (χ3n) is 5.73. The van der Waals surface area contributed by atoms with Gasteiger partial charge < -0.3 is 19.5 Å². The first-order valence-corrected chi connectivity index (χ1v) is 11.6. The number of amides is 2. The van der Waals surface area contributed by atoms with Crippen molar-refractivity contribution >= 4 is 29.3 Å². The van der Waals surface area contributed by atoms with Crippen LogP contribution in [0.15, 0.2) is 65.8 Å². The summed E-state index contributed by atoms with van der Waals surface area (Å²) in [5.41, 5.74) is 1.71. The van der Waals surface area contributed by atoms with Gasteiger partial charge in [0.05, 0.1) is 13.0 Å². The minimum absolute atomic E-state index is 0.0416. The normalized spacial score (nSPS) is 16.8. The standard InChI is InChI=1S/C24H26N4O3S/c1-27-13-12-25-23(27)22(16-4-8-19(31-2)9-5-16)26-24(30)17-14-21(29)28(15-17)18-6-10-20(32-3)11-7-18/h4-13,17,22H,14-15H2,1-3H3,(H,26,30)/t17-,22+/m1/s1. The largest absolute Gasteiger partial charge is 0.497 e. The van der Waals surface area contributed by atoms with Crippen molar-refractivity contribution in [3.8, 4) is 5.75 Å². The Labute approximate surface area is 191 Å². The molecule has 1 saturated heterocycles. The summed E-state index contributed by atoms with van der Waals surface area (Å²) in [5.74, 6) is 0.828. The molecule has 2 atom stereocenters. The molecule has 32 heavy (non-hydrogen) atoms. The highest BCUT2D eigenvalue weighted by molar-refractivity contribution is 7.98. The van der Waals surface area contributed by atoms with Crippen LogP contribution in [0.1, 0.15) is 23.9 Å². The first kappa shape index (κ1) is 22.0. The third kappa shape index (κ3) is 4.50. The van der Waals surface area contributed by atoms with Gasteiger partial charge in [0, 0.05) is 43.0 Å². The number of rotatable bonds is 7. The lowest BCUT2D eigenvalue weighted by Gasteiger charge is -2.22. The third-order valence-corrected chi connectivity index (χ3v) is 6.48. The van der Waals surface area contributed by atoms with Crippen molar-refractivity contribution in [2.24, 2.45) is 13.0 Å². The number of carbonyl (C=O) groups is 2. The van der Waals surface area contributed by atoms with Crippen LogP contribution in [0.3, 0.4) is 0 Å². The molecule has 1 N–H and O–H groups in total. The molecule has 0 bridgehead atoms. The number of ether oxygens (including phenoxy) is 1. The molecule has 0 saturated carbocycles. The van der Waals surface area contributed by atoms with Gasteiger partial charge in [0.2, 0.25) is 11.8 Å². The molecule has 7 nitrogen and oxygen atoms in total. The number of nitrogens with one attached hydrogen (secondary N) is 1. The van der Waals surface area contributed by atoms with E-state index in [4.69, 9.17) is 4.74 Å². The summed E-state index contributed by atoms with van der Waals surface area (Å²) in [4.78, 5) is 33.2. The Hall–Kier alpha value is -3.26. The highest BCUT2D eigenvalue weighted by atomic mass is 32.2. The maximum atomic E-state index is 13.2. The minimum atomic E-state index is -0.432. The molecule has 1 aromatic heterocycles. The summed E-state index contributed by atoms with van der Waals surface area (Å²) in [6, 6.07) is 14.9. The number of methoxy groups -OCH3 is 1. The summed E-state index contributed by atoms with van der Waals surface area (Å²) in [6.45, 7) is 0.360. The van der Waals surface area contributed by atoms with Crippen molar-refractivity contribution in [1.82, 2.24) is 14.9 Å². The van der Waals surface area contributed by atoms with Crippen LogP contribution in [0.2, 0.25) is 0 Å². The maximum absolute atomic E-state index is 13.2. The van der Waals surface area contributed by atoms with Gasteiger partial charge in [-0.05, 0) is 48.2 Å². The van der Waals surface area contributed by atoms with Gasteiger partial charge in [-0.25, -0.2) is 4.98 Å². The van der Waals surface area contributed by atoms with E-state index in [-0.39, 0.29) is 18.2 Å². The number of hydrogen-bond acceptors (Lipinski definition) is 5. The van der Waals surface area contributed by atoms with Crippen LogP contribution in [-0.2, 0) is 16.6 Å². The number of benzene rings is 2. The lowest BCUT2D eigenvalue weighted by Crippen LogP contribution is -2.37. The first-order valence-electron chi connectivity index (χ1n) is 10.4. The maximum Gasteiger partial charge on any atom is 0.227 e. The molecule has 0 radical (unpaired) electrons. The molecule has 0 unspecified atom stereocenters. The van der Waals surface area contributed by atoms with Crippen molar-refractivity contribution in [1.29, 1.82) is 0 Å². The minimum Gasteiger partial charge on any atom is -0.497 e. The van der Waals surface area contributed by atoms with Crippen molar-refractivity contribution in [2.45, 2.75) is 17.4 Å². The summed E-state index contributed by atoms with van der Waals surface area (Å²) in [5, 5.41) is 3.12. The van der Waals surface area contributed by atoms with Gasteiger partial charge in [-0.3, -0.25) is 9.59 Å². The number of aryl methyl sites for hydroxylation is 1. The molecule has 3 aromatic rings.